The zero-order valence-electron chi connectivity index (χ0n) is 13.5. The summed E-state index contributed by atoms with van der Waals surface area (Å²) in [6, 6.07) is 12.5. The van der Waals surface area contributed by atoms with E-state index in [1.54, 1.807) is 6.07 Å². The molecular formula is C19H24N2O2. The van der Waals surface area contributed by atoms with Crippen LogP contribution in [0.5, 0.6) is 0 Å². The van der Waals surface area contributed by atoms with Crippen molar-refractivity contribution in [3.05, 3.63) is 53.4 Å². The summed E-state index contributed by atoms with van der Waals surface area (Å²) >= 11 is 0. The maximum Gasteiger partial charge on any atom is 0.202 e. The normalized spacial score (nSPS) is 18.0. The first-order valence-electron chi connectivity index (χ1n) is 8.57. The summed E-state index contributed by atoms with van der Waals surface area (Å²) in [6.07, 6.45) is 7.02. The molecular weight excluding hydrogens is 288 g/mol. The number of benzene rings is 1. The van der Waals surface area contributed by atoms with E-state index in [1.165, 1.54) is 24.8 Å². The summed E-state index contributed by atoms with van der Waals surface area (Å²) in [5.41, 5.74) is 1.98. The summed E-state index contributed by atoms with van der Waals surface area (Å²) in [4.78, 5) is 12.2. The minimum absolute atomic E-state index is 0.0626. The number of carbonyl (C=O) groups excluding carboxylic acids is 1. The Balaban J connectivity index is 1.46. The second kappa shape index (κ2) is 8.06. The van der Waals surface area contributed by atoms with Crippen LogP contribution in [0.25, 0.3) is 0 Å². The van der Waals surface area contributed by atoms with Gasteiger partial charge in [-0.3, -0.25) is 4.79 Å². The fraction of sp³-hybridized carbons (Fsp3) is 0.474. The first kappa shape index (κ1) is 15.9. The van der Waals surface area contributed by atoms with E-state index in [9.17, 15) is 4.79 Å². The molecule has 0 saturated carbocycles. The standard InChI is InChI=1S/C19H24N2O2/c22-18(11-6-10-16-9-4-5-12-20-16)19-14-17(21-23-19)13-15-7-2-1-3-8-15/h1-3,7-8,14,16,20H,4-6,9-13H2. The van der Waals surface area contributed by atoms with Crippen molar-refractivity contribution in [3.63, 3.8) is 0 Å². The summed E-state index contributed by atoms with van der Waals surface area (Å²) in [5.74, 6) is 0.458. The van der Waals surface area contributed by atoms with E-state index >= 15 is 0 Å². The molecule has 2 heterocycles. The number of piperidine rings is 1. The van der Waals surface area contributed by atoms with Crippen molar-refractivity contribution in [2.75, 3.05) is 6.54 Å². The molecule has 1 aliphatic heterocycles. The van der Waals surface area contributed by atoms with Gasteiger partial charge in [-0.2, -0.15) is 0 Å². The number of rotatable bonds is 7. The molecule has 2 aromatic rings. The lowest BCUT2D eigenvalue weighted by Gasteiger charge is -2.23. The molecule has 122 valence electrons. The van der Waals surface area contributed by atoms with E-state index < -0.39 is 0 Å². The predicted octanol–water partition coefficient (Wildman–Crippen LogP) is 3.76. The van der Waals surface area contributed by atoms with Crippen molar-refractivity contribution in [3.8, 4) is 0 Å². The van der Waals surface area contributed by atoms with E-state index in [1.807, 2.05) is 30.3 Å². The molecule has 1 aliphatic rings. The third kappa shape index (κ3) is 4.76. The third-order valence-electron chi connectivity index (χ3n) is 4.43. The second-order valence-corrected chi connectivity index (χ2v) is 6.31. The van der Waals surface area contributed by atoms with Crippen LogP contribution in [0, 0.1) is 0 Å². The highest BCUT2D eigenvalue weighted by atomic mass is 16.5. The molecule has 1 saturated heterocycles. The summed E-state index contributed by atoms with van der Waals surface area (Å²) < 4.78 is 5.23. The van der Waals surface area contributed by atoms with Crippen LogP contribution >= 0.6 is 0 Å². The number of aromatic nitrogens is 1. The highest BCUT2D eigenvalue weighted by Gasteiger charge is 2.16. The molecule has 1 atom stereocenters. The van der Waals surface area contributed by atoms with Gasteiger partial charge in [-0.05, 0) is 37.8 Å². The molecule has 1 unspecified atom stereocenters. The predicted molar refractivity (Wildman–Crippen MR) is 89.6 cm³/mol. The average Bonchev–Trinajstić information content (AvgIpc) is 3.05. The zero-order chi connectivity index (χ0) is 15.9. The van der Waals surface area contributed by atoms with Crippen LogP contribution in [0.3, 0.4) is 0 Å². The van der Waals surface area contributed by atoms with Crippen molar-refractivity contribution in [2.24, 2.45) is 0 Å². The summed E-state index contributed by atoms with van der Waals surface area (Å²) in [5, 5.41) is 7.54. The van der Waals surface area contributed by atoms with Gasteiger partial charge in [0.2, 0.25) is 11.5 Å². The summed E-state index contributed by atoms with van der Waals surface area (Å²) in [6.45, 7) is 1.11. The van der Waals surface area contributed by atoms with Gasteiger partial charge in [0, 0.05) is 24.9 Å². The van der Waals surface area contributed by atoms with Crippen LogP contribution in [0.15, 0.2) is 40.9 Å². The van der Waals surface area contributed by atoms with Crippen LogP contribution < -0.4 is 5.32 Å². The Hall–Kier alpha value is -1.94. The van der Waals surface area contributed by atoms with E-state index in [0.29, 0.717) is 24.6 Å². The Morgan fingerprint density at radius 1 is 1.26 bits per heavy atom. The molecule has 23 heavy (non-hydrogen) atoms. The van der Waals surface area contributed by atoms with Gasteiger partial charge in [-0.15, -0.1) is 0 Å². The number of Topliss-reactive ketones (excluding diaryl/α,β-unsaturated/α-hetero) is 1. The van der Waals surface area contributed by atoms with Crippen LogP contribution in [-0.2, 0) is 6.42 Å². The lowest BCUT2D eigenvalue weighted by molar-refractivity contribution is 0.0942. The minimum Gasteiger partial charge on any atom is -0.353 e. The molecule has 1 aromatic carbocycles. The first-order chi connectivity index (χ1) is 11.3. The van der Waals surface area contributed by atoms with E-state index in [2.05, 4.69) is 10.5 Å². The highest BCUT2D eigenvalue weighted by molar-refractivity contribution is 5.93. The number of ketones is 1. The van der Waals surface area contributed by atoms with Crippen LogP contribution in [-0.4, -0.2) is 23.5 Å². The maximum absolute atomic E-state index is 12.2. The SMILES string of the molecule is O=C(CCCC1CCCCN1)c1cc(Cc2ccccc2)no1. The zero-order valence-corrected chi connectivity index (χ0v) is 13.5. The van der Waals surface area contributed by atoms with E-state index in [0.717, 1.165) is 25.1 Å². The van der Waals surface area contributed by atoms with E-state index in [-0.39, 0.29) is 5.78 Å². The third-order valence-corrected chi connectivity index (χ3v) is 4.43. The number of hydrogen-bond donors (Lipinski definition) is 1. The van der Waals surface area contributed by atoms with Gasteiger partial charge >= 0.3 is 0 Å². The van der Waals surface area contributed by atoms with Gasteiger partial charge in [0.15, 0.2) is 0 Å². The number of carbonyl (C=O) groups is 1. The van der Waals surface area contributed by atoms with Crippen molar-refractivity contribution < 1.29 is 9.32 Å². The van der Waals surface area contributed by atoms with Gasteiger partial charge in [-0.25, -0.2) is 0 Å². The van der Waals surface area contributed by atoms with Crippen LogP contribution in [0.1, 0.15) is 60.3 Å². The minimum atomic E-state index is 0.0626. The van der Waals surface area contributed by atoms with Crippen LogP contribution in [0.4, 0.5) is 0 Å². The molecule has 0 amide bonds. The monoisotopic (exact) mass is 312 g/mol. The van der Waals surface area contributed by atoms with Gasteiger partial charge in [0.1, 0.15) is 0 Å². The lowest BCUT2D eigenvalue weighted by Crippen LogP contribution is -2.33. The van der Waals surface area contributed by atoms with Crippen molar-refractivity contribution in [1.29, 1.82) is 0 Å². The Morgan fingerprint density at radius 2 is 2.13 bits per heavy atom. The van der Waals surface area contributed by atoms with Crippen molar-refractivity contribution >= 4 is 5.78 Å². The molecule has 3 rings (SSSR count). The smallest absolute Gasteiger partial charge is 0.202 e. The van der Waals surface area contributed by atoms with Crippen molar-refractivity contribution in [1.82, 2.24) is 10.5 Å². The Labute approximate surface area is 137 Å². The molecule has 4 heteroatoms. The van der Waals surface area contributed by atoms with Gasteiger partial charge < -0.3 is 9.84 Å². The average molecular weight is 312 g/mol. The van der Waals surface area contributed by atoms with Gasteiger partial charge in [-0.1, -0.05) is 41.9 Å². The number of nitrogens with one attached hydrogen (secondary N) is 1. The quantitative estimate of drug-likeness (QED) is 0.791. The van der Waals surface area contributed by atoms with Gasteiger partial charge in [0.25, 0.3) is 0 Å². The lowest BCUT2D eigenvalue weighted by atomic mass is 9.98. The Bertz CT molecular complexity index is 615. The Kier molecular flexibility index (Phi) is 5.59. The van der Waals surface area contributed by atoms with Crippen LogP contribution in [0.2, 0.25) is 0 Å². The molecule has 0 spiro atoms. The number of nitrogens with zero attached hydrogens (tertiary/aromatic N) is 1. The highest BCUT2D eigenvalue weighted by Crippen LogP contribution is 2.16. The Morgan fingerprint density at radius 3 is 2.91 bits per heavy atom. The molecule has 4 nitrogen and oxygen atoms in total. The van der Waals surface area contributed by atoms with Crippen molar-refractivity contribution in [2.45, 2.75) is 51.0 Å². The molecule has 0 bridgehead atoms. The van der Waals surface area contributed by atoms with Gasteiger partial charge in [0.05, 0.1) is 5.69 Å². The molecule has 1 aromatic heterocycles. The largest absolute Gasteiger partial charge is 0.353 e. The maximum atomic E-state index is 12.2. The first-order valence-corrected chi connectivity index (χ1v) is 8.57. The summed E-state index contributed by atoms with van der Waals surface area (Å²) in [7, 11) is 0. The fourth-order valence-electron chi connectivity index (χ4n) is 3.13. The fourth-order valence-corrected chi connectivity index (χ4v) is 3.13. The number of hydrogen-bond acceptors (Lipinski definition) is 4. The van der Waals surface area contributed by atoms with E-state index in [4.69, 9.17) is 4.52 Å². The topological polar surface area (TPSA) is 55.1 Å². The molecule has 1 fully saturated rings. The molecule has 0 aliphatic carbocycles. The molecule has 0 radical (unpaired) electrons. The molecule has 1 N–H and O–H groups in total. The second-order valence-electron chi connectivity index (χ2n) is 6.31.